The molecule has 1 rings (SSSR count). The SMILES string of the molecule is CC(C)(C)OC(=O)CC1OC(C)(C)OC1=O. The number of carbonyl (C=O) groups excluding carboxylic acids is 2. The Morgan fingerprint density at radius 1 is 1.44 bits per heavy atom. The highest BCUT2D eigenvalue weighted by Gasteiger charge is 2.42. The van der Waals surface area contributed by atoms with Crippen LogP contribution in [0.5, 0.6) is 0 Å². The van der Waals surface area contributed by atoms with Crippen LogP contribution >= 0.6 is 0 Å². The minimum Gasteiger partial charge on any atom is -0.460 e. The average Bonchev–Trinajstić information content (AvgIpc) is 2.19. The molecule has 1 atom stereocenters. The zero-order valence-corrected chi connectivity index (χ0v) is 10.3. The van der Waals surface area contributed by atoms with Crippen molar-refractivity contribution in [2.75, 3.05) is 0 Å². The van der Waals surface area contributed by atoms with E-state index in [-0.39, 0.29) is 6.42 Å². The van der Waals surface area contributed by atoms with Crippen LogP contribution < -0.4 is 0 Å². The summed E-state index contributed by atoms with van der Waals surface area (Å²) in [5.41, 5.74) is -0.560. The molecular weight excluding hydrogens is 212 g/mol. The summed E-state index contributed by atoms with van der Waals surface area (Å²) in [7, 11) is 0. The van der Waals surface area contributed by atoms with Crippen LogP contribution in [0.3, 0.4) is 0 Å². The summed E-state index contributed by atoms with van der Waals surface area (Å²) < 4.78 is 15.3. The van der Waals surface area contributed by atoms with E-state index in [4.69, 9.17) is 14.2 Å². The Kier molecular flexibility index (Phi) is 3.28. The summed E-state index contributed by atoms with van der Waals surface area (Å²) in [5.74, 6) is -1.94. The van der Waals surface area contributed by atoms with Gasteiger partial charge in [-0.05, 0) is 20.8 Å². The first kappa shape index (κ1) is 13.0. The molecule has 1 saturated heterocycles. The summed E-state index contributed by atoms with van der Waals surface area (Å²) in [6.45, 7) is 8.55. The smallest absolute Gasteiger partial charge is 0.338 e. The molecule has 0 aromatic heterocycles. The van der Waals surface area contributed by atoms with Gasteiger partial charge in [-0.3, -0.25) is 4.79 Å². The lowest BCUT2D eigenvalue weighted by Gasteiger charge is -2.20. The number of cyclic esters (lactones) is 1. The van der Waals surface area contributed by atoms with Crippen molar-refractivity contribution in [3.05, 3.63) is 0 Å². The summed E-state index contributed by atoms with van der Waals surface area (Å²) >= 11 is 0. The molecule has 0 bridgehead atoms. The van der Waals surface area contributed by atoms with E-state index >= 15 is 0 Å². The Morgan fingerprint density at radius 2 is 2.00 bits per heavy atom. The zero-order chi connectivity index (χ0) is 12.6. The topological polar surface area (TPSA) is 61.8 Å². The fourth-order valence-electron chi connectivity index (χ4n) is 1.38. The van der Waals surface area contributed by atoms with Crippen molar-refractivity contribution in [3.8, 4) is 0 Å². The molecule has 1 aliphatic rings. The Balaban J connectivity index is 2.50. The molecule has 16 heavy (non-hydrogen) atoms. The molecule has 1 aliphatic heterocycles. The van der Waals surface area contributed by atoms with Gasteiger partial charge >= 0.3 is 11.9 Å². The van der Waals surface area contributed by atoms with Crippen LogP contribution in [0.15, 0.2) is 0 Å². The lowest BCUT2D eigenvalue weighted by molar-refractivity contribution is -0.163. The monoisotopic (exact) mass is 230 g/mol. The lowest BCUT2D eigenvalue weighted by atomic mass is 10.2. The highest BCUT2D eigenvalue weighted by Crippen LogP contribution is 2.26. The predicted molar refractivity (Wildman–Crippen MR) is 55.5 cm³/mol. The van der Waals surface area contributed by atoms with Crippen molar-refractivity contribution in [2.45, 2.75) is 58.5 Å². The second-order valence-corrected chi connectivity index (χ2v) is 5.22. The van der Waals surface area contributed by atoms with Gasteiger partial charge in [-0.1, -0.05) is 0 Å². The molecule has 0 saturated carbocycles. The highest BCUT2D eigenvalue weighted by molar-refractivity contribution is 5.83. The minimum atomic E-state index is -0.955. The van der Waals surface area contributed by atoms with Crippen LogP contribution in [0.4, 0.5) is 0 Å². The zero-order valence-electron chi connectivity index (χ0n) is 10.3. The molecule has 5 heteroatoms. The fraction of sp³-hybridized carbons (Fsp3) is 0.818. The van der Waals surface area contributed by atoms with E-state index in [0.717, 1.165) is 0 Å². The van der Waals surface area contributed by atoms with Crippen LogP contribution in [0.25, 0.3) is 0 Å². The molecule has 0 aromatic rings. The summed E-state index contributed by atoms with van der Waals surface area (Å²) in [4.78, 5) is 22.8. The lowest BCUT2D eigenvalue weighted by Crippen LogP contribution is -2.29. The van der Waals surface area contributed by atoms with E-state index in [2.05, 4.69) is 0 Å². The second-order valence-electron chi connectivity index (χ2n) is 5.22. The normalized spacial score (nSPS) is 24.1. The molecule has 92 valence electrons. The first-order valence-electron chi connectivity index (χ1n) is 5.22. The van der Waals surface area contributed by atoms with Crippen LogP contribution in [-0.2, 0) is 23.8 Å². The van der Waals surface area contributed by atoms with Gasteiger partial charge in [-0.25, -0.2) is 4.79 Å². The molecule has 0 N–H and O–H groups in total. The van der Waals surface area contributed by atoms with Gasteiger partial charge < -0.3 is 14.2 Å². The van der Waals surface area contributed by atoms with Crippen molar-refractivity contribution in [3.63, 3.8) is 0 Å². The number of esters is 2. The van der Waals surface area contributed by atoms with E-state index in [1.165, 1.54) is 0 Å². The van der Waals surface area contributed by atoms with Crippen molar-refractivity contribution in [1.29, 1.82) is 0 Å². The number of hydrogen-bond donors (Lipinski definition) is 0. The second kappa shape index (κ2) is 4.05. The Bertz CT molecular complexity index is 300. The Morgan fingerprint density at radius 3 is 2.38 bits per heavy atom. The molecule has 5 nitrogen and oxygen atoms in total. The maximum absolute atomic E-state index is 11.5. The van der Waals surface area contributed by atoms with E-state index in [9.17, 15) is 9.59 Å². The van der Waals surface area contributed by atoms with Gasteiger partial charge in [0.15, 0.2) is 6.10 Å². The molecule has 0 amide bonds. The molecule has 1 fully saturated rings. The summed E-state index contributed by atoms with van der Waals surface area (Å²) in [6, 6.07) is 0. The van der Waals surface area contributed by atoms with Crippen molar-refractivity contribution >= 4 is 11.9 Å². The van der Waals surface area contributed by atoms with E-state index in [1.54, 1.807) is 34.6 Å². The molecular formula is C11H18O5. The highest BCUT2D eigenvalue weighted by atomic mass is 16.8. The maximum Gasteiger partial charge on any atom is 0.338 e. The van der Waals surface area contributed by atoms with Gasteiger partial charge in [-0.2, -0.15) is 0 Å². The fourth-order valence-corrected chi connectivity index (χ4v) is 1.38. The van der Waals surface area contributed by atoms with Gasteiger partial charge in [0.05, 0.1) is 6.42 Å². The number of rotatable bonds is 2. The third kappa shape index (κ3) is 3.81. The third-order valence-corrected chi connectivity index (χ3v) is 1.81. The van der Waals surface area contributed by atoms with Crippen LogP contribution in [0.2, 0.25) is 0 Å². The molecule has 1 heterocycles. The van der Waals surface area contributed by atoms with Crippen molar-refractivity contribution in [1.82, 2.24) is 0 Å². The number of carbonyl (C=O) groups is 2. The first-order chi connectivity index (χ1) is 7.09. The van der Waals surface area contributed by atoms with Crippen LogP contribution in [0.1, 0.15) is 41.0 Å². The van der Waals surface area contributed by atoms with E-state index in [0.29, 0.717) is 0 Å². The first-order valence-corrected chi connectivity index (χ1v) is 5.22. The van der Waals surface area contributed by atoms with Crippen LogP contribution in [0, 0.1) is 0 Å². The predicted octanol–water partition coefficient (Wildman–Crippen LogP) is 1.40. The largest absolute Gasteiger partial charge is 0.460 e. The van der Waals surface area contributed by atoms with Crippen LogP contribution in [-0.4, -0.2) is 29.4 Å². The molecule has 1 unspecified atom stereocenters. The number of ether oxygens (including phenoxy) is 3. The molecule has 0 spiro atoms. The summed E-state index contributed by atoms with van der Waals surface area (Å²) in [6.07, 6.45) is -0.968. The Hall–Kier alpha value is -1.10. The van der Waals surface area contributed by atoms with Gasteiger partial charge in [0.1, 0.15) is 5.60 Å². The molecule has 0 aliphatic carbocycles. The van der Waals surface area contributed by atoms with E-state index < -0.39 is 29.4 Å². The average molecular weight is 230 g/mol. The van der Waals surface area contributed by atoms with Gasteiger partial charge in [0.25, 0.3) is 0 Å². The van der Waals surface area contributed by atoms with Crippen molar-refractivity contribution < 1.29 is 23.8 Å². The van der Waals surface area contributed by atoms with Gasteiger partial charge in [-0.15, -0.1) is 0 Å². The maximum atomic E-state index is 11.5. The quantitative estimate of drug-likeness (QED) is 0.671. The minimum absolute atomic E-state index is 0.112. The molecule has 0 radical (unpaired) electrons. The van der Waals surface area contributed by atoms with Gasteiger partial charge in [0, 0.05) is 13.8 Å². The van der Waals surface area contributed by atoms with Crippen molar-refractivity contribution in [2.24, 2.45) is 0 Å². The Labute approximate surface area is 95.0 Å². The summed E-state index contributed by atoms with van der Waals surface area (Å²) in [5, 5.41) is 0. The molecule has 0 aromatic carbocycles. The van der Waals surface area contributed by atoms with E-state index in [1.807, 2.05) is 0 Å². The number of hydrogen-bond acceptors (Lipinski definition) is 5. The van der Waals surface area contributed by atoms with Gasteiger partial charge in [0.2, 0.25) is 5.79 Å². The third-order valence-electron chi connectivity index (χ3n) is 1.81. The standard InChI is InChI=1S/C11H18O5/c1-10(2,3)15-8(12)6-7-9(13)16-11(4,5)14-7/h7H,6H2,1-5H3.